The number of rotatable bonds is 8. The highest BCUT2D eigenvalue weighted by Gasteiger charge is 2.41. The number of benzene rings is 2. The van der Waals surface area contributed by atoms with Crippen molar-refractivity contribution in [1.29, 1.82) is 0 Å². The fourth-order valence-corrected chi connectivity index (χ4v) is 6.98. The summed E-state index contributed by atoms with van der Waals surface area (Å²) in [6.45, 7) is 1.11. The Labute approximate surface area is 272 Å². The number of halogens is 5. The van der Waals surface area contributed by atoms with Gasteiger partial charge in [-0.1, -0.05) is 31.2 Å². The molecule has 0 aliphatic carbocycles. The van der Waals surface area contributed by atoms with Gasteiger partial charge in [0.15, 0.2) is 5.82 Å². The SMILES string of the molecule is CCC(F)(F)c1ccc(CN)cc1.O=C(O)[C@H]1CN(c2cnc3c(n2)NS(=O)(=O)NC3)CCN1S(=O)(=O)c1ccc(OC(F)(F)F)cc1. The molecule has 1 saturated heterocycles. The van der Waals surface area contributed by atoms with Crippen LogP contribution in [0.5, 0.6) is 5.75 Å². The average Bonchev–Trinajstić information content (AvgIpc) is 3.03. The van der Waals surface area contributed by atoms with Crippen LogP contribution in [0.2, 0.25) is 0 Å². The Morgan fingerprint density at radius 2 is 1.73 bits per heavy atom. The fraction of sp³-hybridized carbons (Fsp3) is 0.370. The van der Waals surface area contributed by atoms with Crippen LogP contribution < -0.4 is 24.8 Å². The Kier molecular flexibility index (Phi) is 10.8. The normalized spacial score (nSPS) is 18.1. The van der Waals surface area contributed by atoms with Gasteiger partial charge in [0, 0.05) is 38.2 Å². The van der Waals surface area contributed by atoms with E-state index >= 15 is 0 Å². The number of nitrogens with one attached hydrogen (secondary N) is 2. The molecule has 2 aliphatic heterocycles. The highest BCUT2D eigenvalue weighted by molar-refractivity contribution is 7.90. The van der Waals surface area contributed by atoms with Crippen molar-refractivity contribution in [2.75, 3.05) is 29.3 Å². The molecule has 48 heavy (non-hydrogen) atoms. The van der Waals surface area contributed by atoms with Crippen molar-refractivity contribution in [3.8, 4) is 5.75 Å². The number of carbonyl (C=O) groups is 1. The molecule has 1 fully saturated rings. The number of aliphatic carboxylic acids is 1. The zero-order valence-corrected chi connectivity index (χ0v) is 26.6. The highest BCUT2D eigenvalue weighted by Crippen LogP contribution is 2.31. The fourth-order valence-electron chi connectivity index (χ4n) is 4.60. The van der Waals surface area contributed by atoms with Crippen molar-refractivity contribution < 1.29 is 53.4 Å². The summed E-state index contributed by atoms with van der Waals surface area (Å²) in [5.41, 5.74) is 6.60. The van der Waals surface area contributed by atoms with Crippen molar-refractivity contribution >= 4 is 37.8 Å². The molecular weight excluding hydrogens is 693 g/mol. The second kappa shape index (κ2) is 14.1. The topological polar surface area (TPSA) is 197 Å². The zero-order valence-electron chi connectivity index (χ0n) is 25.0. The third kappa shape index (κ3) is 8.83. The summed E-state index contributed by atoms with van der Waals surface area (Å²) in [6, 6.07) is 7.97. The lowest BCUT2D eigenvalue weighted by Gasteiger charge is -2.39. The van der Waals surface area contributed by atoms with E-state index in [1.165, 1.54) is 30.2 Å². The quantitative estimate of drug-likeness (QED) is 0.250. The molecule has 0 unspecified atom stereocenters. The first-order valence-corrected chi connectivity index (χ1v) is 16.9. The molecular formula is C27H30F5N7O7S2. The van der Waals surface area contributed by atoms with E-state index in [0.29, 0.717) is 12.2 Å². The molecule has 1 aromatic heterocycles. The number of aromatic nitrogens is 2. The van der Waals surface area contributed by atoms with Crippen LogP contribution in [-0.4, -0.2) is 74.2 Å². The molecule has 5 rings (SSSR count). The predicted octanol–water partition coefficient (Wildman–Crippen LogP) is 2.75. The summed E-state index contributed by atoms with van der Waals surface area (Å²) < 4.78 is 122. The van der Waals surface area contributed by atoms with E-state index in [-0.39, 0.29) is 49.8 Å². The molecule has 14 nitrogen and oxygen atoms in total. The number of piperazine rings is 1. The smallest absolute Gasteiger partial charge is 0.480 e. The molecule has 2 aliphatic rings. The van der Waals surface area contributed by atoms with E-state index in [1.807, 2.05) is 0 Å². The largest absolute Gasteiger partial charge is 0.573 e. The van der Waals surface area contributed by atoms with Crippen LogP contribution in [0.1, 0.15) is 30.2 Å². The van der Waals surface area contributed by atoms with Crippen molar-refractivity contribution in [2.24, 2.45) is 5.73 Å². The van der Waals surface area contributed by atoms with Gasteiger partial charge in [-0.3, -0.25) is 14.5 Å². The van der Waals surface area contributed by atoms with Crippen molar-refractivity contribution in [2.45, 2.75) is 49.7 Å². The molecule has 3 heterocycles. The van der Waals surface area contributed by atoms with Gasteiger partial charge in [0.1, 0.15) is 17.6 Å². The Morgan fingerprint density at radius 1 is 1.08 bits per heavy atom. The first kappa shape index (κ1) is 36.7. The number of anilines is 2. The molecule has 0 bridgehead atoms. The number of ether oxygens (including phenoxy) is 1. The van der Waals surface area contributed by atoms with E-state index in [4.69, 9.17) is 5.73 Å². The van der Waals surface area contributed by atoms with Gasteiger partial charge in [-0.2, -0.15) is 17.4 Å². The molecule has 0 saturated carbocycles. The number of nitrogens with two attached hydrogens (primary N) is 1. The third-order valence-corrected chi connectivity index (χ3v) is 10.1. The predicted molar refractivity (Wildman–Crippen MR) is 161 cm³/mol. The number of alkyl halides is 5. The zero-order chi connectivity index (χ0) is 35.5. The number of fused-ring (bicyclic) bond motifs is 1. The maximum atomic E-state index is 13.1. The maximum absolute atomic E-state index is 13.1. The number of carboxylic acids is 1. The lowest BCUT2D eigenvalue weighted by molar-refractivity contribution is -0.274. The molecule has 21 heteroatoms. The van der Waals surface area contributed by atoms with E-state index < -0.39 is 55.2 Å². The van der Waals surface area contributed by atoms with Crippen molar-refractivity contribution in [1.82, 2.24) is 19.0 Å². The van der Waals surface area contributed by atoms with Gasteiger partial charge < -0.3 is 20.5 Å². The second-order valence-electron chi connectivity index (χ2n) is 10.3. The number of nitrogens with zero attached hydrogens (tertiary/aromatic N) is 4. The summed E-state index contributed by atoms with van der Waals surface area (Å²) in [6.07, 6.45) is -3.82. The second-order valence-corrected chi connectivity index (χ2v) is 13.7. The molecule has 2 aromatic carbocycles. The van der Waals surface area contributed by atoms with E-state index in [9.17, 15) is 48.7 Å². The number of sulfonamides is 1. The summed E-state index contributed by atoms with van der Waals surface area (Å²) in [4.78, 5) is 21.3. The molecule has 3 aromatic rings. The third-order valence-electron chi connectivity index (χ3n) is 7.16. The average molecular weight is 724 g/mol. The van der Waals surface area contributed by atoms with E-state index in [1.54, 1.807) is 12.1 Å². The Bertz CT molecular complexity index is 1830. The van der Waals surface area contributed by atoms with Gasteiger partial charge >= 0.3 is 22.5 Å². The van der Waals surface area contributed by atoms with Gasteiger partial charge in [0.2, 0.25) is 10.0 Å². The van der Waals surface area contributed by atoms with Gasteiger partial charge in [0.05, 0.1) is 23.3 Å². The summed E-state index contributed by atoms with van der Waals surface area (Å²) in [7, 11) is -8.21. The number of hydrogen-bond acceptors (Lipinski definition) is 10. The molecule has 0 amide bonds. The lowest BCUT2D eigenvalue weighted by atomic mass is 10.0. The summed E-state index contributed by atoms with van der Waals surface area (Å²) in [5.74, 6) is -4.72. The van der Waals surface area contributed by atoms with Crippen LogP contribution in [0.15, 0.2) is 59.6 Å². The highest BCUT2D eigenvalue weighted by atomic mass is 32.2. The monoisotopic (exact) mass is 723 g/mol. The molecule has 5 N–H and O–H groups in total. The molecule has 0 radical (unpaired) electrons. The molecule has 262 valence electrons. The number of carboxylic acid groups (broad SMARTS) is 1. The minimum Gasteiger partial charge on any atom is -0.480 e. The van der Waals surface area contributed by atoms with Crippen molar-refractivity contribution in [3.63, 3.8) is 0 Å². The summed E-state index contributed by atoms with van der Waals surface area (Å²) in [5, 5.41) is 9.70. The van der Waals surface area contributed by atoms with E-state index in [2.05, 4.69) is 24.1 Å². The van der Waals surface area contributed by atoms with E-state index in [0.717, 1.165) is 34.1 Å². The van der Waals surface area contributed by atoms with Crippen LogP contribution in [0.3, 0.4) is 0 Å². The van der Waals surface area contributed by atoms with Crippen LogP contribution in [0.4, 0.5) is 33.6 Å². The van der Waals surface area contributed by atoms with Crippen molar-refractivity contribution in [3.05, 3.63) is 71.5 Å². The standard InChI is InChI=1S/C17H17F3N6O7S2.C10H13F2N/c18-17(19,20)33-10-1-3-11(4-2-10)34(29,30)26-6-5-25(9-13(26)16(27)28)14-8-21-12-7-22-35(31,32)24-15(12)23-14;1-2-10(11,12)9-5-3-8(7-13)4-6-9/h1-4,8,13,22H,5-7,9H2,(H,23,24)(H,27,28);3-6H,2,7,13H2,1H3/t13-;/m1./s1. The van der Waals surface area contributed by atoms with Crippen LogP contribution in [-0.2, 0) is 44.0 Å². The first-order valence-electron chi connectivity index (χ1n) is 14.0. The van der Waals surface area contributed by atoms with Gasteiger partial charge in [0.25, 0.3) is 5.92 Å². The Hall–Kier alpha value is -4.18. The maximum Gasteiger partial charge on any atom is 0.573 e. The Balaban J connectivity index is 0.000000336. The van der Waals surface area contributed by atoms with Crippen LogP contribution >= 0.6 is 0 Å². The molecule has 1 atom stereocenters. The molecule has 0 spiro atoms. The van der Waals surface area contributed by atoms with Crippen LogP contribution in [0.25, 0.3) is 0 Å². The minimum atomic E-state index is -4.96. The minimum absolute atomic E-state index is 0.0171. The first-order chi connectivity index (χ1) is 22.3. The summed E-state index contributed by atoms with van der Waals surface area (Å²) >= 11 is 0. The number of hydrogen-bond donors (Lipinski definition) is 4. The Morgan fingerprint density at radius 3 is 2.29 bits per heavy atom. The van der Waals surface area contributed by atoms with Gasteiger partial charge in [-0.25, -0.2) is 22.2 Å². The van der Waals surface area contributed by atoms with Gasteiger partial charge in [-0.15, -0.1) is 13.2 Å². The van der Waals surface area contributed by atoms with Crippen LogP contribution in [0, 0.1) is 0 Å². The lowest BCUT2D eigenvalue weighted by Crippen LogP contribution is -2.58. The van der Waals surface area contributed by atoms with Gasteiger partial charge in [-0.05, 0) is 29.8 Å².